The average Bonchev–Trinajstić information content (AvgIpc) is 3.42. The number of thioether (sulfide) groups is 1. The first-order chi connectivity index (χ1) is 14.9. The minimum atomic E-state index is -4.48. The summed E-state index contributed by atoms with van der Waals surface area (Å²) < 4.78 is 45.8. The molecule has 158 valence electrons. The Morgan fingerprint density at radius 1 is 1.03 bits per heavy atom. The molecule has 0 radical (unpaired) electrons. The van der Waals surface area contributed by atoms with Gasteiger partial charge in [0.1, 0.15) is 0 Å². The molecule has 0 aliphatic rings. The number of nitrogens with zero attached hydrogens (tertiary/aromatic N) is 3. The van der Waals surface area contributed by atoms with Crippen LogP contribution in [0.15, 0.2) is 82.6 Å². The molecule has 1 amide bonds. The van der Waals surface area contributed by atoms with E-state index in [2.05, 4.69) is 15.5 Å². The van der Waals surface area contributed by atoms with Gasteiger partial charge in [0, 0.05) is 11.4 Å². The Morgan fingerprint density at radius 3 is 2.55 bits per heavy atom. The molecular formula is C21H15F3N4O2S. The molecule has 1 N–H and O–H groups in total. The molecule has 0 aliphatic heterocycles. The summed E-state index contributed by atoms with van der Waals surface area (Å²) in [6, 6.07) is 17.3. The van der Waals surface area contributed by atoms with Crippen LogP contribution in [0.5, 0.6) is 0 Å². The average molecular weight is 444 g/mol. The van der Waals surface area contributed by atoms with Crippen molar-refractivity contribution < 1.29 is 22.4 Å². The summed E-state index contributed by atoms with van der Waals surface area (Å²) in [6.07, 6.45) is -2.96. The van der Waals surface area contributed by atoms with E-state index in [9.17, 15) is 18.0 Å². The summed E-state index contributed by atoms with van der Waals surface area (Å²) in [6.45, 7) is 0. The number of rotatable bonds is 6. The van der Waals surface area contributed by atoms with Crippen LogP contribution in [0.4, 0.5) is 18.9 Å². The molecule has 31 heavy (non-hydrogen) atoms. The van der Waals surface area contributed by atoms with Crippen LogP contribution >= 0.6 is 11.8 Å². The van der Waals surface area contributed by atoms with Gasteiger partial charge < -0.3 is 9.73 Å². The van der Waals surface area contributed by atoms with Crippen LogP contribution in [0.3, 0.4) is 0 Å². The van der Waals surface area contributed by atoms with Crippen molar-refractivity contribution in [2.75, 3.05) is 11.1 Å². The fourth-order valence-electron chi connectivity index (χ4n) is 2.84. The highest BCUT2D eigenvalue weighted by Gasteiger charge is 2.30. The highest BCUT2D eigenvalue weighted by Crippen LogP contribution is 2.31. The number of halogens is 3. The van der Waals surface area contributed by atoms with Gasteiger partial charge in [0.15, 0.2) is 10.9 Å². The van der Waals surface area contributed by atoms with Crippen LogP contribution in [0.1, 0.15) is 5.56 Å². The molecule has 6 nitrogen and oxygen atoms in total. The maximum atomic E-state index is 12.9. The van der Waals surface area contributed by atoms with Gasteiger partial charge in [-0.1, -0.05) is 36.0 Å². The van der Waals surface area contributed by atoms with Crippen LogP contribution in [0.2, 0.25) is 0 Å². The van der Waals surface area contributed by atoms with Crippen molar-refractivity contribution in [3.8, 4) is 17.3 Å². The standard InChI is InChI=1S/C21H15F3N4O2S/c22-21(23,24)14-6-4-7-15(12-14)25-18(29)13-31-20-27-26-19(17-10-5-11-30-17)28(20)16-8-2-1-3-9-16/h1-12H,13H2,(H,25,29). The SMILES string of the molecule is O=C(CSc1nnc(-c2ccco2)n1-c1ccccc1)Nc1cccc(C(F)(F)F)c1. The first kappa shape index (κ1) is 20.7. The zero-order valence-electron chi connectivity index (χ0n) is 15.8. The van der Waals surface area contributed by atoms with E-state index in [1.807, 2.05) is 30.3 Å². The first-order valence-corrected chi connectivity index (χ1v) is 10.0. The highest BCUT2D eigenvalue weighted by atomic mass is 32.2. The summed E-state index contributed by atoms with van der Waals surface area (Å²) in [5.74, 6) is 0.444. The summed E-state index contributed by atoms with van der Waals surface area (Å²) in [4.78, 5) is 12.3. The van der Waals surface area contributed by atoms with Gasteiger partial charge in [-0.15, -0.1) is 10.2 Å². The van der Waals surface area contributed by atoms with E-state index in [-0.39, 0.29) is 11.4 Å². The molecular weight excluding hydrogens is 429 g/mol. The molecule has 4 aromatic rings. The Balaban J connectivity index is 1.52. The second-order valence-corrected chi connectivity index (χ2v) is 7.31. The molecule has 2 aromatic carbocycles. The number of aromatic nitrogens is 3. The lowest BCUT2D eigenvalue weighted by Crippen LogP contribution is -2.15. The van der Waals surface area contributed by atoms with Crippen molar-refractivity contribution in [2.24, 2.45) is 0 Å². The summed E-state index contributed by atoms with van der Waals surface area (Å²) in [5.41, 5.74) is 0.0192. The van der Waals surface area contributed by atoms with Crippen LogP contribution in [-0.4, -0.2) is 26.4 Å². The molecule has 0 atom stereocenters. The van der Waals surface area contributed by atoms with Crippen molar-refractivity contribution in [1.29, 1.82) is 0 Å². The number of carbonyl (C=O) groups excluding carboxylic acids is 1. The largest absolute Gasteiger partial charge is 0.461 e. The Kier molecular flexibility index (Phi) is 5.81. The lowest BCUT2D eigenvalue weighted by molar-refractivity contribution is -0.137. The van der Waals surface area contributed by atoms with E-state index >= 15 is 0 Å². The van der Waals surface area contributed by atoms with Gasteiger partial charge in [0.05, 0.1) is 17.6 Å². The molecule has 0 saturated heterocycles. The van der Waals surface area contributed by atoms with Crippen molar-refractivity contribution in [2.45, 2.75) is 11.3 Å². The lowest BCUT2D eigenvalue weighted by Gasteiger charge is -2.10. The van der Waals surface area contributed by atoms with Crippen LogP contribution in [0.25, 0.3) is 17.3 Å². The number of hydrogen-bond donors (Lipinski definition) is 1. The van der Waals surface area contributed by atoms with E-state index in [1.54, 1.807) is 16.7 Å². The van der Waals surface area contributed by atoms with E-state index in [4.69, 9.17) is 4.42 Å². The van der Waals surface area contributed by atoms with Gasteiger partial charge in [0.25, 0.3) is 0 Å². The molecule has 0 bridgehead atoms. The van der Waals surface area contributed by atoms with Crippen LogP contribution < -0.4 is 5.32 Å². The van der Waals surface area contributed by atoms with Crippen LogP contribution in [0, 0.1) is 0 Å². The maximum Gasteiger partial charge on any atom is 0.416 e. The topological polar surface area (TPSA) is 73.0 Å². The number of carbonyl (C=O) groups is 1. The van der Waals surface area contributed by atoms with Gasteiger partial charge in [-0.05, 0) is 42.5 Å². The minimum absolute atomic E-state index is 0.0701. The molecule has 4 rings (SSSR count). The second kappa shape index (κ2) is 8.68. The quantitative estimate of drug-likeness (QED) is 0.410. The van der Waals surface area contributed by atoms with Gasteiger partial charge in [-0.3, -0.25) is 9.36 Å². The number of benzene rings is 2. The molecule has 10 heteroatoms. The van der Waals surface area contributed by atoms with Crippen molar-refractivity contribution in [1.82, 2.24) is 14.8 Å². The fraction of sp³-hybridized carbons (Fsp3) is 0.0952. The zero-order chi connectivity index (χ0) is 21.8. The van der Waals surface area contributed by atoms with E-state index in [1.165, 1.54) is 18.4 Å². The normalized spacial score (nSPS) is 11.5. The van der Waals surface area contributed by atoms with Crippen molar-refractivity contribution >= 4 is 23.4 Å². The van der Waals surface area contributed by atoms with E-state index in [0.29, 0.717) is 16.7 Å². The Bertz CT molecular complexity index is 1180. The summed E-state index contributed by atoms with van der Waals surface area (Å²) >= 11 is 1.11. The van der Waals surface area contributed by atoms with Gasteiger partial charge >= 0.3 is 6.18 Å². The molecule has 0 aliphatic carbocycles. The first-order valence-electron chi connectivity index (χ1n) is 9.06. The second-order valence-electron chi connectivity index (χ2n) is 6.37. The summed E-state index contributed by atoms with van der Waals surface area (Å²) in [5, 5.41) is 11.3. The smallest absolute Gasteiger partial charge is 0.416 e. The van der Waals surface area contributed by atoms with Crippen molar-refractivity contribution in [3.63, 3.8) is 0 Å². The Labute approximate surface area is 179 Å². The van der Waals surface area contributed by atoms with Gasteiger partial charge in [-0.25, -0.2) is 0 Å². The summed E-state index contributed by atoms with van der Waals surface area (Å²) in [7, 11) is 0. The third-order valence-corrected chi connectivity index (χ3v) is 5.12. The van der Waals surface area contributed by atoms with Gasteiger partial charge in [0.2, 0.25) is 11.7 Å². The number of anilines is 1. The third kappa shape index (κ3) is 4.80. The highest BCUT2D eigenvalue weighted by molar-refractivity contribution is 7.99. The Morgan fingerprint density at radius 2 is 1.84 bits per heavy atom. The number of nitrogens with one attached hydrogen (secondary N) is 1. The fourth-order valence-corrected chi connectivity index (χ4v) is 3.59. The monoisotopic (exact) mass is 444 g/mol. The number of para-hydroxylation sites is 1. The molecule has 0 spiro atoms. The molecule has 2 aromatic heterocycles. The number of hydrogen-bond acceptors (Lipinski definition) is 5. The minimum Gasteiger partial charge on any atom is -0.461 e. The zero-order valence-corrected chi connectivity index (χ0v) is 16.7. The molecule has 0 fully saturated rings. The van der Waals surface area contributed by atoms with E-state index in [0.717, 1.165) is 29.6 Å². The molecule has 0 saturated carbocycles. The lowest BCUT2D eigenvalue weighted by atomic mass is 10.2. The maximum absolute atomic E-state index is 12.9. The predicted octanol–water partition coefficient (Wildman–Crippen LogP) is 5.28. The Hall–Kier alpha value is -3.53. The number of alkyl halides is 3. The predicted molar refractivity (Wildman–Crippen MR) is 110 cm³/mol. The number of amides is 1. The molecule has 0 unspecified atom stereocenters. The van der Waals surface area contributed by atoms with Crippen molar-refractivity contribution in [3.05, 3.63) is 78.6 Å². The van der Waals surface area contributed by atoms with E-state index < -0.39 is 17.6 Å². The number of furan rings is 1. The van der Waals surface area contributed by atoms with Crippen LogP contribution in [-0.2, 0) is 11.0 Å². The third-order valence-electron chi connectivity index (χ3n) is 4.20. The molecule has 2 heterocycles. The van der Waals surface area contributed by atoms with Gasteiger partial charge in [-0.2, -0.15) is 13.2 Å².